The van der Waals surface area contributed by atoms with Gasteiger partial charge in [0.05, 0.1) is 0 Å². The number of esters is 1. The molecule has 1 atom stereocenters. The highest BCUT2D eigenvalue weighted by Gasteiger charge is 2.28. The number of cyclic esters (lactones) is 1. The number of phenols is 2. The van der Waals surface area contributed by atoms with E-state index >= 15 is 0 Å². The van der Waals surface area contributed by atoms with Crippen molar-refractivity contribution in [3.63, 3.8) is 0 Å². The summed E-state index contributed by atoms with van der Waals surface area (Å²) in [6.07, 6.45) is 7.34. The molecule has 4 heteroatoms. The molecule has 18 heavy (non-hydrogen) atoms. The summed E-state index contributed by atoms with van der Waals surface area (Å²) >= 11 is 0. The van der Waals surface area contributed by atoms with Gasteiger partial charge in [-0.25, -0.2) is 4.79 Å². The predicted octanol–water partition coefficient (Wildman–Crippen LogP) is 2.31. The Balaban J connectivity index is 2.31. The van der Waals surface area contributed by atoms with E-state index in [-0.39, 0.29) is 23.2 Å². The highest BCUT2D eigenvalue weighted by molar-refractivity contribution is 5.95. The van der Waals surface area contributed by atoms with Gasteiger partial charge in [-0.05, 0) is 24.6 Å². The maximum absolute atomic E-state index is 11.7. The SMILES string of the molecule is C/C=C/C=C/[C@@H]1Cc2cc(O)cc(O)c2C(=O)O1. The molecular weight excluding hydrogens is 232 g/mol. The Morgan fingerprint density at radius 2 is 2.11 bits per heavy atom. The molecule has 0 spiro atoms. The third-order valence-electron chi connectivity index (χ3n) is 2.70. The first-order valence-corrected chi connectivity index (χ1v) is 5.67. The lowest BCUT2D eigenvalue weighted by Crippen LogP contribution is -2.26. The number of aromatic hydroxyl groups is 2. The topological polar surface area (TPSA) is 66.8 Å². The lowest BCUT2D eigenvalue weighted by molar-refractivity contribution is 0.0353. The van der Waals surface area contributed by atoms with E-state index < -0.39 is 5.97 Å². The first-order chi connectivity index (χ1) is 8.61. The minimum atomic E-state index is -0.566. The monoisotopic (exact) mass is 246 g/mol. The van der Waals surface area contributed by atoms with Crippen molar-refractivity contribution in [1.29, 1.82) is 0 Å². The zero-order chi connectivity index (χ0) is 13.1. The molecule has 0 amide bonds. The van der Waals surface area contributed by atoms with E-state index in [4.69, 9.17) is 4.74 Å². The normalized spacial score (nSPS) is 19.2. The second kappa shape index (κ2) is 4.96. The summed E-state index contributed by atoms with van der Waals surface area (Å²) in [4.78, 5) is 11.7. The summed E-state index contributed by atoms with van der Waals surface area (Å²) in [7, 11) is 0. The maximum atomic E-state index is 11.7. The van der Waals surface area contributed by atoms with E-state index in [0.717, 1.165) is 6.07 Å². The minimum absolute atomic E-state index is 0.0582. The van der Waals surface area contributed by atoms with Crippen LogP contribution in [0.25, 0.3) is 0 Å². The van der Waals surface area contributed by atoms with Gasteiger partial charge in [0.15, 0.2) is 0 Å². The summed E-state index contributed by atoms with van der Waals surface area (Å²) < 4.78 is 5.18. The first kappa shape index (κ1) is 12.2. The molecule has 1 heterocycles. The minimum Gasteiger partial charge on any atom is -0.508 e. The molecule has 1 aliphatic rings. The number of phenolic OH excluding ortho intramolecular Hbond substituents is 2. The van der Waals surface area contributed by atoms with Crippen LogP contribution in [0.1, 0.15) is 22.8 Å². The van der Waals surface area contributed by atoms with Crippen LogP contribution >= 0.6 is 0 Å². The van der Waals surface area contributed by atoms with Gasteiger partial charge in [0.25, 0.3) is 0 Å². The highest BCUT2D eigenvalue weighted by atomic mass is 16.5. The number of allylic oxidation sites excluding steroid dienone is 3. The molecule has 2 rings (SSSR count). The van der Waals surface area contributed by atoms with Crippen LogP contribution in [0.2, 0.25) is 0 Å². The standard InChI is InChI=1S/C14H14O4/c1-2-3-4-5-11-7-9-6-10(15)8-12(16)13(9)14(17)18-11/h2-6,8,11,15-16H,7H2,1H3/b3-2+,5-4+/t11-/m1/s1. The molecule has 0 aliphatic carbocycles. The summed E-state index contributed by atoms with van der Waals surface area (Å²) in [5, 5.41) is 19.0. The molecule has 0 saturated heterocycles. The molecule has 0 bridgehead atoms. The van der Waals surface area contributed by atoms with Crippen molar-refractivity contribution in [2.24, 2.45) is 0 Å². The lowest BCUT2D eigenvalue weighted by Gasteiger charge is -2.23. The zero-order valence-electron chi connectivity index (χ0n) is 9.96. The molecule has 94 valence electrons. The highest BCUT2D eigenvalue weighted by Crippen LogP contribution is 2.32. The van der Waals surface area contributed by atoms with Gasteiger partial charge in [-0.15, -0.1) is 0 Å². The van der Waals surface area contributed by atoms with E-state index in [2.05, 4.69) is 0 Å². The first-order valence-electron chi connectivity index (χ1n) is 5.67. The van der Waals surface area contributed by atoms with Gasteiger partial charge < -0.3 is 14.9 Å². The van der Waals surface area contributed by atoms with Crippen LogP contribution in [0.4, 0.5) is 0 Å². The molecule has 0 radical (unpaired) electrons. The average molecular weight is 246 g/mol. The fourth-order valence-electron chi connectivity index (χ4n) is 1.93. The Kier molecular flexibility index (Phi) is 3.37. The van der Waals surface area contributed by atoms with Crippen molar-refractivity contribution in [3.05, 3.63) is 47.6 Å². The van der Waals surface area contributed by atoms with Crippen LogP contribution in [0.15, 0.2) is 36.4 Å². The number of benzene rings is 1. The number of fused-ring (bicyclic) bond motifs is 1. The fourth-order valence-corrected chi connectivity index (χ4v) is 1.93. The van der Waals surface area contributed by atoms with Crippen LogP contribution in [0, 0.1) is 0 Å². The smallest absolute Gasteiger partial charge is 0.342 e. The summed E-state index contributed by atoms with van der Waals surface area (Å²) in [5.41, 5.74) is 0.738. The van der Waals surface area contributed by atoms with Gasteiger partial charge in [-0.1, -0.05) is 18.2 Å². The largest absolute Gasteiger partial charge is 0.508 e. The van der Waals surface area contributed by atoms with Crippen molar-refractivity contribution < 1.29 is 19.7 Å². The van der Waals surface area contributed by atoms with E-state index in [0.29, 0.717) is 12.0 Å². The Bertz CT molecular complexity index is 529. The molecule has 0 saturated carbocycles. The van der Waals surface area contributed by atoms with Gasteiger partial charge in [0.1, 0.15) is 23.2 Å². The van der Waals surface area contributed by atoms with E-state index in [1.165, 1.54) is 6.07 Å². The van der Waals surface area contributed by atoms with Crippen LogP contribution in [-0.4, -0.2) is 22.3 Å². The molecule has 2 N–H and O–H groups in total. The van der Waals surface area contributed by atoms with Gasteiger partial charge in [-0.3, -0.25) is 0 Å². The van der Waals surface area contributed by atoms with E-state index in [1.54, 1.807) is 12.2 Å². The summed E-state index contributed by atoms with van der Waals surface area (Å²) in [6, 6.07) is 2.61. The number of carbonyl (C=O) groups excluding carboxylic acids is 1. The fraction of sp³-hybridized carbons (Fsp3) is 0.214. The van der Waals surface area contributed by atoms with Gasteiger partial charge in [0, 0.05) is 12.5 Å². The number of hydrogen-bond donors (Lipinski definition) is 2. The maximum Gasteiger partial charge on any atom is 0.342 e. The van der Waals surface area contributed by atoms with Crippen molar-refractivity contribution in [3.8, 4) is 11.5 Å². The molecule has 1 aliphatic heterocycles. The molecule has 0 unspecified atom stereocenters. The number of ether oxygens (including phenoxy) is 1. The zero-order valence-corrected chi connectivity index (χ0v) is 9.96. The van der Waals surface area contributed by atoms with Gasteiger partial charge in [-0.2, -0.15) is 0 Å². The molecule has 1 aromatic carbocycles. The van der Waals surface area contributed by atoms with Gasteiger partial charge >= 0.3 is 5.97 Å². The van der Waals surface area contributed by atoms with Crippen LogP contribution < -0.4 is 0 Å². The summed E-state index contributed by atoms with van der Waals surface area (Å²) in [6.45, 7) is 1.89. The Labute approximate surface area is 105 Å². The Morgan fingerprint density at radius 3 is 2.83 bits per heavy atom. The van der Waals surface area contributed by atoms with Crippen molar-refractivity contribution in [1.82, 2.24) is 0 Å². The Morgan fingerprint density at radius 1 is 1.33 bits per heavy atom. The number of hydrogen-bond acceptors (Lipinski definition) is 4. The van der Waals surface area contributed by atoms with E-state index in [1.807, 2.05) is 19.1 Å². The average Bonchev–Trinajstić information content (AvgIpc) is 2.27. The third kappa shape index (κ3) is 2.37. The number of carbonyl (C=O) groups is 1. The van der Waals surface area contributed by atoms with Crippen molar-refractivity contribution in [2.45, 2.75) is 19.4 Å². The second-order valence-corrected chi connectivity index (χ2v) is 4.06. The second-order valence-electron chi connectivity index (χ2n) is 4.06. The van der Waals surface area contributed by atoms with Crippen LogP contribution in [0.3, 0.4) is 0 Å². The van der Waals surface area contributed by atoms with E-state index in [9.17, 15) is 15.0 Å². The summed E-state index contributed by atoms with van der Waals surface area (Å²) in [5.74, 6) is -0.869. The molecule has 1 aromatic rings. The molecular formula is C14H14O4. The lowest BCUT2D eigenvalue weighted by atomic mass is 9.97. The van der Waals surface area contributed by atoms with Crippen LogP contribution in [-0.2, 0) is 11.2 Å². The van der Waals surface area contributed by atoms with Gasteiger partial charge in [0.2, 0.25) is 0 Å². The quantitative estimate of drug-likeness (QED) is 0.620. The van der Waals surface area contributed by atoms with Crippen molar-refractivity contribution >= 4 is 5.97 Å². The third-order valence-corrected chi connectivity index (χ3v) is 2.70. The Hall–Kier alpha value is -2.23. The molecule has 0 aromatic heterocycles. The van der Waals surface area contributed by atoms with Crippen molar-refractivity contribution in [2.75, 3.05) is 0 Å². The predicted molar refractivity (Wildman–Crippen MR) is 66.6 cm³/mol. The molecule has 4 nitrogen and oxygen atoms in total. The number of rotatable bonds is 2. The van der Waals surface area contributed by atoms with Crippen LogP contribution in [0.5, 0.6) is 11.5 Å². The molecule has 0 fully saturated rings.